The number of nitriles is 1. The molecular weight excluding hydrogens is 314 g/mol. The second-order valence-corrected chi connectivity index (χ2v) is 6.45. The van der Waals surface area contributed by atoms with Crippen LogP contribution in [0.5, 0.6) is 0 Å². The van der Waals surface area contributed by atoms with Crippen molar-refractivity contribution in [3.05, 3.63) is 54.8 Å². The first-order chi connectivity index (χ1) is 10.8. The number of nitrogens with one attached hydrogen (secondary N) is 2. The van der Waals surface area contributed by atoms with Crippen molar-refractivity contribution in [1.29, 1.82) is 5.26 Å². The lowest BCUT2D eigenvalue weighted by Crippen LogP contribution is -2.42. The average molecular weight is 332 g/mol. The number of anilines is 2. The fourth-order valence-electron chi connectivity index (χ4n) is 2.05. The first-order valence-electron chi connectivity index (χ1n) is 7.33. The van der Waals surface area contributed by atoms with Crippen LogP contribution >= 0.6 is 11.6 Å². The van der Waals surface area contributed by atoms with E-state index in [9.17, 15) is 9.59 Å². The molecule has 0 fully saturated rings. The Bertz CT molecular complexity index is 843. The molecule has 5 nitrogen and oxygen atoms in total. The highest BCUT2D eigenvalue weighted by atomic mass is 35.5. The lowest BCUT2D eigenvalue weighted by molar-refractivity contribution is 0.546. The third-order valence-corrected chi connectivity index (χ3v) is 4.25. The van der Waals surface area contributed by atoms with E-state index in [0.717, 1.165) is 12.0 Å². The lowest BCUT2D eigenvalue weighted by Gasteiger charge is -2.28. The maximum Gasteiger partial charge on any atom is 0.253 e. The Morgan fingerprint density at radius 3 is 2.43 bits per heavy atom. The largest absolute Gasteiger partial charge is 0.376 e. The maximum absolute atomic E-state index is 11.8. The minimum absolute atomic E-state index is 0.273. The summed E-state index contributed by atoms with van der Waals surface area (Å²) in [4.78, 5) is 23.5. The van der Waals surface area contributed by atoms with Crippen molar-refractivity contribution in [2.24, 2.45) is 0 Å². The van der Waals surface area contributed by atoms with E-state index in [1.165, 1.54) is 0 Å². The molecule has 0 aromatic heterocycles. The second kappa shape index (κ2) is 6.43. The van der Waals surface area contributed by atoms with E-state index in [-0.39, 0.29) is 11.2 Å². The topological polar surface area (TPSA) is 82.0 Å². The molecule has 120 valence electrons. The van der Waals surface area contributed by atoms with E-state index >= 15 is 0 Å². The van der Waals surface area contributed by atoms with Gasteiger partial charge < -0.3 is 10.6 Å². The van der Waals surface area contributed by atoms with Crippen LogP contribution in [0, 0.1) is 11.3 Å². The first kappa shape index (κ1) is 17.0. The molecule has 0 bridgehead atoms. The number of nitrogens with zero attached hydrogens (tertiary/aromatic N) is 1. The number of hydrogen-bond acceptors (Lipinski definition) is 5. The zero-order valence-corrected chi connectivity index (χ0v) is 14.0. The maximum atomic E-state index is 11.8. The lowest BCUT2D eigenvalue weighted by atomic mass is 10.00. The van der Waals surface area contributed by atoms with Crippen LogP contribution in [0.15, 0.2) is 27.8 Å². The van der Waals surface area contributed by atoms with E-state index in [1.54, 1.807) is 18.2 Å². The van der Waals surface area contributed by atoms with Gasteiger partial charge in [0.1, 0.15) is 11.4 Å². The van der Waals surface area contributed by atoms with Gasteiger partial charge in [-0.25, -0.2) is 0 Å². The minimum Gasteiger partial charge on any atom is -0.376 e. The van der Waals surface area contributed by atoms with E-state index in [4.69, 9.17) is 16.9 Å². The van der Waals surface area contributed by atoms with Gasteiger partial charge in [-0.05, 0) is 38.0 Å². The van der Waals surface area contributed by atoms with Crippen LogP contribution in [0.1, 0.15) is 38.3 Å². The highest BCUT2D eigenvalue weighted by Gasteiger charge is 2.25. The summed E-state index contributed by atoms with van der Waals surface area (Å²) in [5, 5.41) is 15.4. The average Bonchev–Trinajstić information content (AvgIpc) is 2.54. The van der Waals surface area contributed by atoms with Gasteiger partial charge in [-0.15, -0.1) is 0 Å². The third kappa shape index (κ3) is 3.54. The Labute approximate surface area is 139 Å². The van der Waals surface area contributed by atoms with Gasteiger partial charge >= 0.3 is 0 Å². The molecule has 0 saturated heterocycles. The molecule has 2 aromatic carbocycles. The molecule has 0 spiro atoms. The Balaban J connectivity index is 2.16. The standard InChI is InChI=1S/C17H18ClN3O2/c1-4-17(2,3)21-14-13(15(22)16(14)23)20-9-11-6-5-10(8-19)7-12(11)18/h5-7,20-21H,4,9H2,1-3H3. The Kier molecular flexibility index (Phi) is 4.76. The van der Waals surface area contributed by atoms with Gasteiger partial charge in [-0.1, -0.05) is 24.6 Å². The normalized spacial score (nSPS) is 11.3. The van der Waals surface area contributed by atoms with Crippen LogP contribution in [0.3, 0.4) is 0 Å². The van der Waals surface area contributed by atoms with Gasteiger partial charge in [-0.3, -0.25) is 9.59 Å². The molecule has 2 rings (SSSR count). The summed E-state index contributed by atoms with van der Waals surface area (Å²) in [6.07, 6.45) is 0.812. The van der Waals surface area contributed by atoms with Gasteiger partial charge in [-0.2, -0.15) is 5.26 Å². The van der Waals surface area contributed by atoms with Crippen molar-refractivity contribution in [2.75, 3.05) is 10.6 Å². The molecule has 6 heteroatoms. The fraction of sp³-hybridized carbons (Fsp3) is 0.353. The number of rotatable bonds is 6. The van der Waals surface area contributed by atoms with Gasteiger partial charge in [0.25, 0.3) is 10.9 Å². The first-order valence-corrected chi connectivity index (χ1v) is 7.70. The third-order valence-electron chi connectivity index (χ3n) is 3.90. The van der Waals surface area contributed by atoms with Crippen LogP contribution in [0.4, 0.5) is 11.4 Å². The minimum atomic E-state index is -0.524. The summed E-state index contributed by atoms with van der Waals surface area (Å²) in [5.74, 6) is 0. The monoisotopic (exact) mass is 331 g/mol. The smallest absolute Gasteiger partial charge is 0.253 e. The van der Waals surface area contributed by atoms with Crippen molar-refractivity contribution in [2.45, 2.75) is 39.3 Å². The Morgan fingerprint density at radius 1 is 1.22 bits per heavy atom. The van der Waals surface area contributed by atoms with Crippen molar-refractivity contribution >= 4 is 23.0 Å². The van der Waals surface area contributed by atoms with E-state index < -0.39 is 10.9 Å². The summed E-state index contributed by atoms with van der Waals surface area (Å²) in [6.45, 7) is 6.23. The van der Waals surface area contributed by atoms with Gasteiger partial charge in [0.2, 0.25) is 0 Å². The van der Waals surface area contributed by atoms with Crippen LogP contribution in [-0.4, -0.2) is 5.54 Å². The SMILES string of the molecule is CCC(C)(C)Nc1c(NCc2ccc(C#N)cc2Cl)c(=O)c1=O. The molecule has 0 saturated carbocycles. The number of halogens is 1. The van der Waals surface area contributed by atoms with Crippen LogP contribution in [0.2, 0.25) is 5.02 Å². The van der Waals surface area contributed by atoms with Crippen molar-refractivity contribution < 1.29 is 0 Å². The molecule has 0 unspecified atom stereocenters. The molecule has 23 heavy (non-hydrogen) atoms. The molecule has 0 radical (unpaired) electrons. The highest BCUT2D eigenvalue weighted by Crippen LogP contribution is 2.24. The highest BCUT2D eigenvalue weighted by molar-refractivity contribution is 6.31. The molecule has 0 aliphatic carbocycles. The molecule has 0 heterocycles. The summed E-state index contributed by atoms with van der Waals surface area (Å²) in [5.41, 5.74) is 0.539. The van der Waals surface area contributed by atoms with E-state index in [0.29, 0.717) is 22.8 Å². The van der Waals surface area contributed by atoms with Crippen LogP contribution in [0.25, 0.3) is 0 Å². The molecule has 0 atom stereocenters. The zero-order chi connectivity index (χ0) is 17.2. The van der Waals surface area contributed by atoms with Gasteiger partial charge in [0.15, 0.2) is 0 Å². The van der Waals surface area contributed by atoms with Gasteiger partial charge in [0, 0.05) is 17.1 Å². The van der Waals surface area contributed by atoms with Crippen LogP contribution in [-0.2, 0) is 6.54 Å². The molecule has 0 amide bonds. The molecule has 0 aliphatic heterocycles. The summed E-state index contributed by atoms with van der Waals surface area (Å²) in [6, 6.07) is 6.96. The van der Waals surface area contributed by atoms with E-state index in [1.807, 2.05) is 26.8 Å². The summed E-state index contributed by atoms with van der Waals surface area (Å²) >= 11 is 6.11. The number of hydrogen-bond donors (Lipinski definition) is 2. The van der Waals surface area contributed by atoms with Gasteiger partial charge in [0.05, 0.1) is 11.6 Å². The van der Waals surface area contributed by atoms with Crippen molar-refractivity contribution in [1.82, 2.24) is 0 Å². The molecular formula is C17H18ClN3O2. The second-order valence-electron chi connectivity index (χ2n) is 6.04. The summed E-state index contributed by atoms with van der Waals surface area (Å²) < 4.78 is 0. The van der Waals surface area contributed by atoms with Crippen molar-refractivity contribution in [3.8, 4) is 6.07 Å². The predicted molar refractivity (Wildman–Crippen MR) is 92.8 cm³/mol. The predicted octanol–water partition coefficient (Wildman–Crippen LogP) is 3.02. The quantitative estimate of drug-likeness (QED) is 0.795. The summed E-state index contributed by atoms with van der Waals surface area (Å²) in [7, 11) is 0. The Morgan fingerprint density at radius 2 is 1.87 bits per heavy atom. The van der Waals surface area contributed by atoms with E-state index in [2.05, 4.69) is 10.6 Å². The Hall–Kier alpha value is -2.32. The van der Waals surface area contributed by atoms with Crippen molar-refractivity contribution in [3.63, 3.8) is 0 Å². The molecule has 0 aliphatic rings. The molecule has 2 aromatic rings. The molecule has 2 N–H and O–H groups in total. The van der Waals surface area contributed by atoms with Crippen LogP contribution < -0.4 is 21.5 Å². The fourth-order valence-corrected chi connectivity index (χ4v) is 2.30. The zero-order valence-electron chi connectivity index (χ0n) is 13.3. The number of benzene rings is 1.